The second-order valence-corrected chi connectivity index (χ2v) is 12.5. The number of unbranched alkanes of at least 4 members (excludes halogenated alkanes) is 4. The van der Waals surface area contributed by atoms with E-state index in [2.05, 4.69) is 27.7 Å². The molecule has 0 fully saturated rings. The van der Waals surface area contributed by atoms with Gasteiger partial charge in [0.25, 0.3) is 0 Å². The van der Waals surface area contributed by atoms with Gasteiger partial charge < -0.3 is 10.2 Å². The molecule has 1 N–H and O–H groups in total. The van der Waals surface area contributed by atoms with Crippen LogP contribution in [0.1, 0.15) is 89.4 Å². The highest BCUT2D eigenvalue weighted by Crippen LogP contribution is 2.61. The summed E-state index contributed by atoms with van der Waals surface area (Å²) in [7, 11) is -0.562. The van der Waals surface area contributed by atoms with Gasteiger partial charge in [0, 0.05) is 12.3 Å². The van der Waals surface area contributed by atoms with Crippen molar-refractivity contribution in [3.8, 4) is 5.75 Å². The maximum absolute atomic E-state index is 10.8. The van der Waals surface area contributed by atoms with Crippen molar-refractivity contribution in [3.05, 3.63) is 28.8 Å². The minimum absolute atomic E-state index is 0.252. The molecule has 0 saturated heterocycles. The van der Waals surface area contributed by atoms with Crippen LogP contribution in [0.25, 0.3) is 0 Å². The molecule has 0 heterocycles. The first-order valence-electron chi connectivity index (χ1n) is 10.9. The van der Waals surface area contributed by atoms with E-state index in [-0.39, 0.29) is 10.6 Å². The first-order chi connectivity index (χ1) is 13.4. The molecule has 0 unspecified atom stereocenters. The summed E-state index contributed by atoms with van der Waals surface area (Å²) in [6.07, 6.45) is 17.9. The highest BCUT2D eigenvalue weighted by Gasteiger charge is 2.34. The maximum atomic E-state index is 10.8. The molecule has 0 aliphatic carbocycles. The van der Waals surface area contributed by atoms with Crippen molar-refractivity contribution < 1.29 is 15.0 Å². The van der Waals surface area contributed by atoms with Crippen molar-refractivity contribution in [2.45, 2.75) is 79.1 Å². The molecule has 0 saturated carbocycles. The number of rotatable bonds is 13. The molecule has 1 rings (SSSR count). The Morgan fingerprint density at radius 1 is 0.893 bits per heavy atom. The number of hydrogen-bond acceptors (Lipinski definition) is 2. The molecule has 1 aromatic rings. The van der Waals surface area contributed by atoms with Gasteiger partial charge in [-0.2, -0.15) is 0 Å². The quantitative estimate of drug-likeness (QED) is 0.333. The van der Waals surface area contributed by atoms with E-state index >= 15 is 0 Å². The maximum Gasteiger partial charge on any atom is 0.335 e. The Morgan fingerprint density at radius 3 is 1.57 bits per heavy atom. The van der Waals surface area contributed by atoms with Gasteiger partial charge in [-0.15, -0.1) is 0 Å². The molecule has 0 radical (unpaired) electrons. The molecule has 3 nitrogen and oxygen atoms in total. The topological polar surface area (TPSA) is 60.4 Å². The Balaban J connectivity index is 0.000000567. The van der Waals surface area contributed by atoms with E-state index in [0.29, 0.717) is 0 Å². The number of carbonyl (C=O) groups is 1. The highest BCUT2D eigenvalue weighted by molar-refractivity contribution is 7.75. The van der Waals surface area contributed by atoms with Crippen LogP contribution in [0.4, 0.5) is 0 Å². The largest absolute Gasteiger partial charge is 0.872 e. The van der Waals surface area contributed by atoms with Gasteiger partial charge in [-0.25, -0.2) is 4.79 Å². The lowest BCUT2D eigenvalue weighted by atomic mass is 10.2. The van der Waals surface area contributed by atoms with Crippen LogP contribution in [-0.2, 0) is 0 Å². The van der Waals surface area contributed by atoms with Crippen LogP contribution in [0, 0.1) is 0 Å². The number of hydrogen-bond donors (Lipinski definition) is 1. The van der Waals surface area contributed by atoms with Gasteiger partial charge in [-0.05, 0) is 37.8 Å². The van der Waals surface area contributed by atoms with E-state index in [4.69, 9.17) is 16.7 Å². The van der Waals surface area contributed by atoms with Gasteiger partial charge in [0.1, 0.15) is 0 Å². The van der Waals surface area contributed by atoms with Crippen molar-refractivity contribution in [2.75, 3.05) is 24.6 Å². The van der Waals surface area contributed by atoms with Crippen LogP contribution in [0.2, 0.25) is 5.02 Å². The van der Waals surface area contributed by atoms with Crippen molar-refractivity contribution in [1.29, 1.82) is 0 Å². The zero-order valence-corrected chi connectivity index (χ0v) is 20.0. The molecule has 0 aliphatic heterocycles. The third-order valence-corrected chi connectivity index (χ3v) is 10.4. The normalized spacial score (nSPS) is 11.0. The average Bonchev–Trinajstić information content (AvgIpc) is 2.69. The van der Waals surface area contributed by atoms with E-state index in [1.807, 2.05) is 0 Å². The number of carboxylic acids is 1. The molecule has 162 valence electrons. The molecule has 0 atom stereocenters. The van der Waals surface area contributed by atoms with Gasteiger partial charge in [-0.1, -0.05) is 76.8 Å². The fraction of sp³-hybridized carbons (Fsp3) is 0.696. The monoisotopic (exact) mass is 430 g/mol. The Labute approximate surface area is 178 Å². The summed E-state index contributed by atoms with van der Waals surface area (Å²) in [6.45, 7) is 9.42. The molecular formula is C23H40ClO3P. The zero-order chi connectivity index (χ0) is 21.4. The average molecular weight is 431 g/mol. The van der Waals surface area contributed by atoms with Gasteiger partial charge >= 0.3 is 5.97 Å². The Bertz CT molecular complexity index is 511. The minimum Gasteiger partial charge on any atom is -0.872 e. The SMILES string of the molecule is CCCC[P+](CCCC)(CCCC)CCCC.O=C(O)c1cc(Cl)ccc1[O-]. The molecule has 5 heteroatoms. The number of halogens is 1. The lowest BCUT2D eigenvalue weighted by Crippen LogP contribution is -2.12. The smallest absolute Gasteiger partial charge is 0.335 e. The van der Waals surface area contributed by atoms with Crippen molar-refractivity contribution >= 4 is 24.8 Å². The van der Waals surface area contributed by atoms with Crippen LogP contribution < -0.4 is 5.11 Å². The Kier molecular flexibility index (Phi) is 15.6. The minimum atomic E-state index is -1.25. The summed E-state index contributed by atoms with van der Waals surface area (Å²) in [5.41, 5.74) is -0.294. The van der Waals surface area contributed by atoms with E-state index in [1.165, 1.54) is 57.4 Å². The van der Waals surface area contributed by atoms with Crippen molar-refractivity contribution in [3.63, 3.8) is 0 Å². The summed E-state index contributed by atoms with van der Waals surface area (Å²) in [5.74, 6) is -1.78. The molecule has 0 bridgehead atoms. The third-order valence-electron chi connectivity index (χ3n) is 5.12. The van der Waals surface area contributed by atoms with Crippen LogP contribution in [-0.4, -0.2) is 35.7 Å². The fourth-order valence-corrected chi connectivity index (χ4v) is 8.78. The standard InChI is InChI=1S/C16H36P.C7H5ClO3/c1-5-9-13-17(14-10-6-2,15-11-7-3)16-12-8-4;8-4-1-2-6(9)5(3-4)7(10)11/h5-16H2,1-4H3;1-3,9H,(H,10,11)/q+1;/p-1. The van der Waals surface area contributed by atoms with Gasteiger partial charge in [0.05, 0.1) is 30.2 Å². The second kappa shape index (κ2) is 16.1. The summed E-state index contributed by atoms with van der Waals surface area (Å²) >= 11 is 5.46. The predicted molar refractivity (Wildman–Crippen MR) is 124 cm³/mol. The fourth-order valence-electron chi connectivity index (χ4n) is 3.31. The molecule has 0 aliphatic rings. The Hall–Kier alpha value is -0.790. The number of aromatic carboxylic acids is 1. The summed E-state index contributed by atoms with van der Waals surface area (Å²) in [6, 6.07) is 3.62. The van der Waals surface area contributed by atoms with Gasteiger partial charge in [-0.3, -0.25) is 0 Å². The van der Waals surface area contributed by atoms with E-state index in [1.54, 1.807) is 24.6 Å². The lowest BCUT2D eigenvalue weighted by Gasteiger charge is -2.28. The van der Waals surface area contributed by atoms with E-state index in [9.17, 15) is 9.90 Å². The van der Waals surface area contributed by atoms with Crippen LogP contribution >= 0.6 is 18.9 Å². The van der Waals surface area contributed by atoms with E-state index < -0.39 is 19.0 Å². The summed E-state index contributed by atoms with van der Waals surface area (Å²) in [5, 5.41) is 19.5. The van der Waals surface area contributed by atoms with Crippen LogP contribution in [0.3, 0.4) is 0 Å². The van der Waals surface area contributed by atoms with Gasteiger partial charge in [0.2, 0.25) is 0 Å². The van der Waals surface area contributed by atoms with E-state index in [0.717, 1.165) is 12.1 Å². The van der Waals surface area contributed by atoms with Crippen LogP contribution in [0.5, 0.6) is 5.75 Å². The first-order valence-corrected chi connectivity index (χ1v) is 13.8. The predicted octanol–water partition coefficient (Wildman–Crippen LogP) is 7.32. The third kappa shape index (κ3) is 11.3. The molecular weight excluding hydrogens is 391 g/mol. The second-order valence-electron chi connectivity index (χ2n) is 7.60. The van der Waals surface area contributed by atoms with Gasteiger partial charge in [0.15, 0.2) is 0 Å². The van der Waals surface area contributed by atoms with Crippen LogP contribution in [0.15, 0.2) is 18.2 Å². The number of carboxylic acid groups (broad SMARTS) is 1. The molecule has 0 aromatic heterocycles. The molecule has 0 amide bonds. The van der Waals surface area contributed by atoms with Crippen molar-refractivity contribution in [2.24, 2.45) is 0 Å². The molecule has 1 aromatic carbocycles. The zero-order valence-electron chi connectivity index (χ0n) is 18.3. The molecule has 0 spiro atoms. The Morgan fingerprint density at radius 2 is 1.29 bits per heavy atom. The lowest BCUT2D eigenvalue weighted by molar-refractivity contribution is -0.268. The first kappa shape index (κ1) is 27.2. The summed E-state index contributed by atoms with van der Waals surface area (Å²) < 4.78 is 0. The highest BCUT2D eigenvalue weighted by atomic mass is 35.5. The number of benzene rings is 1. The molecule has 28 heavy (non-hydrogen) atoms. The van der Waals surface area contributed by atoms with Crippen molar-refractivity contribution in [1.82, 2.24) is 0 Å². The summed E-state index contributed by atoms with van der Waals surface area (Å²) in [4.78, 5) is 10.3.